The van der Waals surface area contributed by atoms with Crippen molar-refractivity contribution in [2.24, 2.45) is 0 Å². The molecule has 0 fully saturated rings. The van der Waals surface area contributed by atoms with Crippen LogP contribution >= 0.6 is 22.7 Å². The molecule has 0 bridgehead atoms. The highest BCUT2D eigenvalue weighted by molar-refractivity contribution is 7.21. The predicted octanol–water partition coefficient (Wildman–Crippen LogP) is 7.15. The molecule has 41 heavy (non-hydrogen) atoms. The van der Waals surface area contributed by atoms with E-state index in [1.165, 1.54) is 31.6 Å². The number of aliphatic carboxylic acids is 2. The first kappa shape index (κ1) is 30.2. The molecule has 0 aliphatic carbocycles. The number of Topliss-reactive ketones (excluding diaryl/α,β-unsaturated/α-hetero) is 1. The number of halogens is 2. The second-order valence-corrected chi connectivity index (χ2v) is 11.5. The van der Waals surface area contributed by atoms with Crippen LogP contribution in [0.2, 0.25) is 0 Å². The molecule has 2 aromatic carbocycles. The van der Waals surface area contributed by atoms with Crippen molar-refractivity contribution in [3.8, 4) is 17.2 Å². The minimum atomic E-state index is -3.24. The molecule has 0 aliphatic heterocycles. The van der Waals surface area contributed by atoms with Gasteiger partial charge in [-0.15, -0.1) is 22.7 Å². The van der Waals surface area contributed by atoms with Crippen LogP contribution in [0.1, 0.15) is 52.2 Å². The topological polar surface area (TPSA) is 119 Å². The standard InChI is InChI=1S/C29H28F2O8S2/c1-37-20-10-18-14-26(29(30,31)8-7-28(35)36)41-23(18)12-16(20)4-3-9-39-22-15-24-17(11-21(22)38-2)13-25(40-24)19(32)5-6-27(33)34/h10-15H,3-9H2,1-2H3,(H,33,34)(H,35,36). The van der Waals surface area contributed by atoms with Gasteiger partial charge in [0.15, 0.2) is 17.3 Å². The summed E-state index contributed by atoms with van der Waals surface area (Å²) in [7, 11) is 3.03. The summed E-state index contributed by atoms with van der Waals surface area (Å²) in [6.45, 7) is 0.321. The average molecular weight is 607 g/mol. The first-order valence-electron chi connectivity index (χ1n) is 12.7. The summed E-state index contributed by atoms with van der Waals surface area (Å²) >= 11 is 2.21. The van der Waals surface area contributed by atoms with Gasteiger partial charge in [-0.2, -0.15) is 0 Å². The predicted molar refractivity (Wildman–Crippen MR) is 153 cm³/mol. The van der Waals surface area contributed by atoms with E-state index in [4.69, 9.17) is 24.4 Å². The molecule has 2 heterocycles. The number of ketones is 1. The number of methoxy groups -OCH3 is 2. The summed E-state index contributed by atoms with van der Waals surface area (Å²) in [6, 6.07) is 10.2. The molecule has 0 unspecified atom stereocenters. The van der Waals surface area contributed by atoms with Gasteiger partial charge in [0, 0.05) is 28.3 Å². The zero-order valence-electron chi connectivity index (χ0n) is 22.3. The average Bonchev–Trinajstić information content (AvgIpc) is 3.55. The van der Waals surface area contributed by atoms with Crippen LogP contribution in [0.4, 0.5) is 8.78 Å². The number of thiophene rings is 2. The van der Waals surface area contributed by atoms with Gasteiger partial charge in [-0.05, 0) is 59.5 Å². The van der Waals surface area contributed by atoms with E-state index in [2.05, 4.69) is 0 Å². The molecule has 0 atom stereocenters. The molecule has 0 spiro atoms. The fourth-order valence-corrected chi connectivity index (χ4v) is 6.46. The molecule has 4 rings (SSSR count). The van der Waals surface area contributed by atoms with Crippen LogP contribution in [0.3, 0.4) is 0 Å². The van der Waals surface area contributed by atoms with Crippen LogP contribution in [0.25, 0.3) is 20.2 Å². The molecular weight excluding hydrogens is 578 g/mol. The summed E-state index contributed by atoms with van der Waals surface area (Å²) in [6.07, 6.45) is -0.550. The third-order valence-corrected chi connectivity index (χ3v) is 8.77. The molecule has 0 radical (unpaired) electrons. The van der Waals surface area contributed by atoms with Crippen molar-refractivity contribution in [3.05, 3.63) is 51.7 Å². The zero-order valence-corrected chi connectivity index (χ0v) is 24.0. The van der Waals surface area contributed by atoms with Gasteiger partial charge in [0.1, 0.15) is 5.75 Å². The Kier molecular flexibility index (Phi) is 9.44. The lowest BCUT2D eigenvalue weighted by Crippen LogP contribution is -2.13. The van der Waals surface area contributed by atoms with Crippen molar-refractivity contribution in [2.75, 3.05) is 20.8 Å². The number of rotatable bonds is 15. The van der Waals surface area contributed by atoms with E-state index in [0.29, 0.717) is 51.7 Å². The first-order chi connectivity index (χ1) is 19.5. The third kappa shape index (κ3) is 7.31. The highest BCUT2D eigenvalue weighted by Gasteiger charge is 2.34. The molecule has 2 N–H and O–H groups in total. The molecular formula is C29H28F2O8S2. The normalized spacial score (nSPS) is 11.6. The van der Waals surface area contributed by atoms with E-state index >= 15 is 0 Å². The van der Waals surface area contributed by atoms with Gasteiger partial charge in [0.25, 0.3) is 5.92 Å². The largest absolute Gasteiger partial charge is 0.496 e. The Morgan fingerprint density at radius 1 is 0.805 bits per heavy atom. The van der Waals surface area contributed by atoms with Gasteiger partial charge >= 0.3 is 11.9 Å². The maximum Gasteiger partial charge on any atom is 0.303 e. The van der Waals surface area contributed by atoms with Crippen LogP contribution in [0, 0.1) is 0 Å². The number of carbonyl (C=O) groups excluding carboxylic acids is 1. The number of benzene rings is 2. The smallest absolute Gasteiger partial charge is 0.303 e. The summed E-state index contributed by atoms with van der Waals surface area (Å²) < 4.78 is 47.6. The first-order valence-corrected chi connectivity index (χ1v) is 14.3. The monoisotopic (exact) mass is 606 g/mol. The Morgan fingerprint density at radius 3 is 2.15 bits per heavy atom. The minimum absolute atomic E-state index is 0.0716. The number of hydrogen-bond acceptors (Lipinski definition) is 8. The number of carboxylic acid groups (broad SMARTS) is 2. The summed E-state index contributed by atoms with van der Waals surface area (Å²) in [5.74, 6) is -4.20. The lowest BCUT2D eigenvalue weighted by Gasteiger charge is -2.12. The maximum atomic E-state index is 14.6. The van der Waals surface area contributed by atoms with E-state index in [9.17, 15) is 23.2 Å². The van der Waals surface area contributed by atoms with Gasteiger partial charge in [0.2, 0.25) is 0 Å². The molecule has 12 heteroatoms. The number of carbonyl (C=O) groups is 3. The van der Waals surface area contributed by atoms with E-state index < -0.39 is 30.7 Å². The summed E-state index contributed by atoms with van der Waals surface area (Å²) in [4.78, 5) is 34.2. The van der Waals surface area contributed by atoms with Gasteiger partial charge in [-0.1, -0.05) is 0 Å². The Balaban J connectivity index is 1.44. The van der Waals surface area contributed by atoms with Crippen molar-refractivity contribution in [2.45, 2.75) is 44.4 Å². The molecule has 0 saturated heterocycles. The number of alkyl halides is 2. The van der Waals surface area contributed by atoms with Crippen molar-refractivity contribution in [3.63, 3.8) is 0 Å². The minimum Gasteiger partial charge on any atom is -0.496 e. The van der Waals surface area contributed by atoms with Crippen LogP contribution < -0.4 is 14.2 Å². The number of aryl methyl sites for hydroxylation is 1. The Hall–Kier alpha value is -3.77. The van der Waals surface area contributed by atoms with Crippen molar-refractivity contribution in [1.82, 2.24) is 0 Å². The van der Waals surface area contributed by atoms with Gasteiger partial charge in [-0.25, -0.2) is 8.78 Å². The van der Waals surface area contributed by atoms with Gasteiger partial charge < -0.3 is 24.4 Å². The van der Waals surface area contributed by atoms with E-state index in [1.54, 1.807) is 24.3 Å². The van der Waals surface area contributed by atoms with Crippen LogP contribution in [-0.2, 0) is 21.9 Å². The van der Waals surface area contributed by atoms with Crippen LogP contribution in [0.5, 0.6) is 17.2 Å². The van der Waals surface area contributed by atoms with E-state index in [0.717, 1.165) is 27.0 Å². The highest BCUT2D eigenvalue weighted by Crippen LogP contribution is 2.42. The van der Waals surface area contributed by atoms with Gasteiger partial charge in [-0.3, -0.25) is 14.4 Å². The second-order valence-electron chi connectivity index (χ2n) is 9.33. The second kappa shape index (κ2) is 12.8. The molecule has 4 aromatic rings. The Morgan fingerprint density at radius 2 is 1.46 bits per heavy atom. The summed E-state index contributed by atoms with van der Waals surface area (Å²) in [5.41, 5.74) is 0.830. The molecule has 2 aromatic heterocycles. The van der Waals surface area contributed by atoms with Crippen LogP contribution in [-0.4, -0.2) is 48.8 Å². The van der Waals surface area contributed by atoms with Crippen LogP contribution in [0.15, 0.2) is 36.4 Å². The molecule has 0 aliphatic rings. The lowest BCUT2D eigenvalue weighted by molar-refractivity contribution is -0.139. The molecule has 0 saturated carbocycles. The molecule has 8 nitrogen and oxygen atoms in total. The van der Waals surface area contributed by atoms with Crippen molar-refractivity contribution < 1.29 is 47.6 Å². The Bertz CT molecular complexity index is 1590. The number of fused-ring (bicyclic) bond motifs is 2. The van der Waals surface area contributed by atoms with Crippen molar-refractivity contribution >= 4 is 60.6 Å². The number of carboxylic acids is 2. The lowest BCUT2D eigenvalue weighted by atomic mass is 10.1. The van der Waals surface area contributed by atoms with E-state index in [-0.39, 0.29) is 23.5 Å². The third-order valence-electron chi connectivity index (χ3n) is 6.42. The fourth-order valence-electron chi connectivity index (χ4n) is 4.31. The SMILES string of the molecule is COc1cc2cc(C(F)(F)CCC(=O)O)sc2cc1CCCOc1cc2sc(C(=O)CCC(=O)O)cc2cc1OC. The molecule has 218 valence electrons. The highest BCUT2D eigenvalue weighted by atomic mass is 32.1. The van der Waals surface area contributed by atoms with Gasteiger partial charge in [0.05, 0.1) is 43.4 Å². The Labute approximate surface area is 242 Å². The summed E-state index contributed by atoms with van der Waals surface area (Å²) in [5, 5.41) is 19.0. The number of ether oxygens (including phenoxy) is 3. The van der Waals surface area contributed by atoms with Crippen molar-refractivity contribution in [1.29, 1.82) is 0 Å². The quantitative estimate of drug-likeness (QED) is 0.108. The van der Waals surface area contributed by atoms with E-state index in [1.807, 2.05) is 6.07 Å². The molecule has 0 amide bonds. The number of hydrogen-bond donors (Lipinski definition) is 2. The fraction of sp³-hybridized carbons (Fsp3) is 0.345. The maximum absolute atomic E-state index is 14.6. The zero-order chi connectivity index (χ0) is 29.7.